The number of phosphoric acid groups is 2. The topological polar surface area (TPSA) is 237 Å². The number of carbonyl (C=O) groups is 4. The highest BCUT2D eigenvalue weighted by Crippen LogP contribution is 2.45. The molecule has 600 valence electrons. The van der Waals surface area contributed by atoms with E-state index in [0.29, 0.717) is 25.7 Å². The number of allylic oxidation sites excluding steroid dienone is 18. The number of phosphoric ester groups is 2. The second-order valence-electron chi connectivity index (χ2n) is 27.3. The number of hydrogen-bond donors (Lipinski definition) is 3. The summed E-state index contributed by atoms with van der Waals surface area (Å²) in [5, 5.41) is 10.7. The van der Waals surface area contributed by atoms with Gasteiger partial charge in [0, 0.05) is 25.7 Å². The number of rotatable bonds is 77. The summed E-state index contributed by atoms with van der Waals surface area (Å²) in [5.74, 6) is -2.22. The molecule has 0 fully saturated rings. The number of hydrogen-bond acceptors (Lipinski definition) is 15. The maximum atomic E-state index is 13.1. The highest BCUT2D eigenvalue weighted by Gasteiger charge is 2.30. The Morgan fingerprint density at radius 2 is 0.500 bits per heavy atom. The lowest BCUT2D eigenvalue weighted by atomic mass is 10.1. The third kappa shape index (κ3) is 75.9. The van der Waals surface area contributed by atoms with Crippen LogP contribution in [0.3, 0.4) is 0 Å². The molecule has 0 radical (unpaired) electrons. The van der Waals surface area contributed by atoms with Crippen molar-refractivity contribution in [3.63, 3.8) is 0 Å². The predicted octanol–water partition coefficient (Wildman–Crippen LogP) is 24.1. The van der Waals surface area contributed by atoms with E-state index in [4.69, 9.17) is 37.0 Å². The molecule has 0 heterocycles. The minimum absolute atomic E-state index is 0.0752. The first-order valence-corrected chi connectivity index (χ1v) is 44.1. The first-order valence-electron chi connectivity index (χ1n) is 41.1. The predicted molar refractivity (Wildman–Crippen MR) is 427 cm³/mol. The van der Waals surface area contributed by atoms with E-state index < -0.39 is 97.5 Å². The summed E-state index contributed by atoms with van der Waals surface area (Å²) >= 11 is 0. The Bertz CT molecular complexity index is 2390. The van der Waals surface area contributed by atoms with Crippen molar-refractivity contribution >= 4 is 39.5 Å². The van der Waals surface area contributed by atoms with Crippen LogP contribution in [-0.2, 0) is 65.4 Å². The Labute approximate surface area is 632 Å². The second kappa shape index (κ2) is 76.9. The Balaban J connectivity index is 5.40. The highest BCUT2D eigenvalue weighted by atomic mass is 31.2. The van der Waals surface area contributed by atoms with Gasteiger partial charge in [-0.15, -0.1) is 0 Å². The molecule has 104 heavy (non-hydrogen) atoms. The molecule has 0 aromatic carbocycles. The Kier molecular flexibility index (Phi) is 73.7. The van der Waals surface area contributed by atoms with Crippen molar-refractivity contribution in [1.82, 2.24) is 0 Å². The summed E-state index contributed by atoms with van der Waals surface area (Å²) in [5.41, 5.74) is 0. The number of unbranched alkanes of at least 4 members (excludes halogenated alkanes) is 33. The van der Waals surface area contributed by atoms with Gasteiger partial charge >= 0.3 is 39.5 Å². The Morgan fingerprint density at radius 1 is 0.279 bits per heavy atom. The third-order valence-corrected chi connectivity index (χ3v) is 19.1. The van der Waals surface area contributed by atoms with Gasteiger partial charge in [0.2, 0.25) is 0 Å². The van der Waals surface area contributed by atoms with Crippen LogP contribution < -0.4 is 0 Å². The summed E-state index contributed by atoms with van der Waals surface area (Å²) in [7, 11) is -9.97. The van der Waals surface area contributed by atoms with Crippen LogP contribution >= 0.6 is 15.6 Å². The first kappa shape index (κ1) is 99.7. The van der Waals surface area contributed by atoms with Crippen molar-refractivity contribution in [2.75, 3.05) is 39.6 Å². The van der Waals surface area contributed by atoms with Crippen LogP contribution in [0, 0.1) is 0 Å². The van der Waals surface area contributed by atoms with E-state index in [2.05, 4.69) is 137 Å². The quantitative estimate of drug-likeness (QED) is 0.0169. The Hall–Kier alpha value is -4.28. The molecule has 0 saturated heterocycles. The minimum atomic E-state index is -4.99. The molecule has 3 unspecified atom stereocenters. The smallest absolute Gasteiger partial charge is 0.462 e. The molecular formula is C85H148O17P2. The van der Waals surface area contributed by atoms with E-state index in [1.165, 1.54) is 77.0 Å². The lowest BCUT2D eigenvalue weighted by Gasteiger charge is -2.21. The van der Waals surface area contributed by atoms with E-state index in [9.17, 15) is 43.2 Å². The monoisotopic (exact) mass is 1500 g/mol. The van der Waals surface area contributed by atoms with Gasteiger partial charge in [0.25, 0.3) is 0 Å². The summed E-state index contributed by atoms with van der Waals surface area (Å²) in [6, 6.07) is 0. The molecule has 0 aliphatic rings. The van der Waals surface area contributed by atoms with Gasteiger partial charge in [0.1, 0.15) is 19.3 Å². The van der Waals surface area contributed by atoms with Gasteiger partial charge < -0.3 is 33.8 Å². The van der Waals surface area contributed by atoms with E-state index in [0.717, 1.165) is 193 Å². The molecule has 0 rings (SSSR count). The van der Waals surface area contributed by atoms with Crippen molar-refractivity contribution in [3.05, 3.63) is 109 Å². The van der Waals surface area contributed by atoms with E-state index >= 15 is 0 Å². The SMILES string of the molecule is CCC=CCC=CCC=CCC=CCCCCCCC(=O)OC[C@H](COP(=O)(O)OCC(O)COP(=O)(O)OC[C@@H](COC(=O)CCCCCCCC=CCC=CCCCCC)OC(=O)CCCCCCCC=CCC=CCCCCC)OC(=O)CCCCCCCCCC=CCCCCCCCC. The molecule has 3 N–H and O–H groups in total. The molecular weight excluding hydrogens is 1350 g/mol. The van der Waals surface area contributed by atoms with Gasteiger partial charge in [-0.2, -0.15) is 0 Å². The van der Waals surface area contributed by atoms with Gasteiger partial charge in [0.05, 0.1) is 26.4 Å². The lowest BCUT2D eigenvalue weighted by Crippen LogP contribution is -2.30. The molecule has 5 atom stereocenters. The zero-order chi connectivity index (χ0) is 76.0. The van der Waals surface area contributed by atoms with Gasteiger partial charge in [-0.3, -0.25) is 37.3 Å². The molecule has 19 heteroatoms. The normalized spacial score (nSPS) is 14.4. The van der Waals surface area contributed by atoms with Gasteiger partial charge in [-0.25, -0.2) is 9.13 Å². The number of aliphatic hydroxyl groups is 1. The fraction of sp³-hybridized carbons (Fsp3) is 0.741. The van der Waals surface area contributed by atoms with Gasteiger partial charge in [-0.05, 0) is 154 Å². The van der Waals surface area contributed by atoms with Gasteiger partial charge in [0.15, 0.2) is 12.2 Å². The molecule has 17 nitrogen and oxygen atoms in total. The van der Waals surface area contributed by atoms with Crippen LogP contribution in [0.15, 0.2) is 109 Å². The maximum Gasteiger partial charge on any atom is 0.472 e. The van der Waals surface area contributed by atoms with Crippen LogP contribution in [0.5, 0.6) is 0 Å². The average molecular weight is 1500 g/mol. The van der Waals surface area contributed by atoms with Crippen molar-refractivity contribution in [1.29, 1.82) is 0 Å². The maximum absolute atomic E-state index is 13.1. The lowest BCUT2D eigenvalue weighted by molar-refractivity contribution is -0.161. The van der Waals surface area contributed by atoms with Crippen molar-refractivity contribution in [2.24, 2.45) is 0 Å². The standard InChI is InChI=1S/C85H148O17P2/c1-5-9-13-17-21-25-29-33-37-39-43-46-50-54-58-62-66-70-83(88)96-76-81(102-85(90)72-68-64-60-56-52-48-44-40-38-34-30-26-22-18-14-10-6-2)78-100-104(93,94)98-74-79(86)73-97-103(91,92)99-77-80(101-84(89)71-67-63-59-55-51-47-42-36-32-28-24-20-16-12-8-4)75-95-82(87)69-65-61-57-53-49-45-41-35-31-27-23-19-15-11-7-3/h9,13,21,23-25,27-28,33-38,41-43,46,79-81,86H,5-8,10-12,14-20,22,26,29-32,39-40,44-45,47-78H2,1-4H3,(H,91,92)(H,93,94)/t79?,80-,81-/m1/s1. The van der Waals surface area contributed by atoms with E-state index in [1.54, 1.807) is 0 Å². The fourth-order valence-electron chi connectivity index (χ4n) is 10.9. The highest BCUT2D eigenvalue weighted by molar-refractivity contribution is 7.47. The molecule has 0 amide bonds. The number of carbonyl (C=O) groups excluding carboxylic acids is 4. The number of ether oxygens (including phenoxy) is 4. The summed E-state index contributed by atoms with van der Waals surface area (Å²) < 4.78 is 68.7. The van der Waals surface area contributed by atoms with Crippen LogP contribution in [0.25, 0.3) is 0 Å². The van der Waals surface area contributed by atoms with Crippen LogP contribution in [-0.4, -0.2) is 96.7 Å². The van der Waals surface area contributed by atoms with Crippen LogP contribution in [0.4, 0.5) is 0 Å². The number of esters is 4. The summed E-state index contributed by atoms with van der Waals surface area (Å²) in [6.45, 7) is 4.68. The average Bonchev–Trinajstić information content (AvgIpc) is 0.926. The zero-order valence-electron chi connectivity index (χ0n) is 65.7. The second-order valence-corrected chi connectivity index (χ2v) is 30.2. The molecule has 0 aliphatic carbocycles. The third-order valence-electron chi connectivity index (χ3n) is 17.2. The summed E-state index contributed by atoms with van der Waals surface area (Å²) in [6.07, 6.45) is 83.4. The van der Waals surface area contributed by atoms with Crippen LogP contribution in [0.1, 0.15) is 349 Å². The van der Waals surface area contributed by atoms with Crippen molar-refractivity contribution in [3.8, 4) is 0 Å². The molecule has 0 aromatic heterocycles. The van der Waals surface area contributed by atoms with E-state index in [-0.39, 0.29) is 25.7 Å². The van der Waals surface area contributed by atoms with Crippen LogP contribution in [0.2, 0.25) is 0 Å². The zero-order valence-corrected chi connectivity index (χ0v) is 67.5. The first-order chi connectivity index (χ1) is 50.7. The Morgan fingerprint density at radius 3 is 0.798 bits per heavy atom. The van der Waals surface area contributed by atoms with Crippen molar-refractivity contribution < 1.29 is 80.2 Å². The molecule has 0 aliphatic heterocycles. The fourth-order valence-corrected chi connectivity index (χ4v) is 12.5. The molecule has 0 spiro atoms. The van der Waals surface area contributed by atoms with E-state index in [1.807, 2.05) is 0 Å². The minimum Gasteiger partial charge on any atom is -0.462 e. The summed E-state index contributed by atoms with van der Waals surface area (Å²) in [4.78, 5) is 73.1. The molecule has 0 bridgehead atoms. The van der Waals surface area contributed by atoms with Crippen molar-refractivity contribution in [2.45, 2.75) is 367 Å². The number of aliphatic hydroxyl groups excluding tert-OH is 1. The molecule has 0 saturated carbocycles. The van der Waals surface area contributed by atoms with Gasteiger partial charge in [-0.1, -0.05) is 278 Å². The molecule has 0 aromatic rings. The largest absolute Gasteiger partial charge is 0.472 e.